The first kappa shape index (κ1) is 17.7. The highest BCUT2D eigenvalue weighted by molar-refractivity contribution is 5.98. The average molecular weight is 379 g/mol. The van der Waals surface area contributed by atoms with Crippen molar-refractivity contribution in [2.24, 2.45) is 0 Å². The van der Waals surface area contributed by atoms with E-state index in [1.807, 2.05) is 0 Å². The third kappa shape index (κ3) is 2.72. The summed E-state index contributed by atoms with van der Waals surface area (Å²) in [6.45, 7) is -0.513. The number of benzene rings is 1. The summed E-state index contributed by atoms with van der Waals surface area (Å²) in [5.74, 6) is -2.05. The van der Waals surface area contributed by atoms with E-state index < -0.39 is 42.8 Å². The maximum absolute atomic E-state index is 13.7. The number of ether oxygens (including phenoxy) is 1. The molecule has 1 aliphatic heterocycles. The maximum atomic E-state index is 13.7. The van der Waals surface area contributed by atoms with Crippen LogP contribution in [0, 0.1) is 11.6 Å². The third-order valence-electron chi connectivity index (χ3n) is 4.47. The van der Waals surface area contributed by atoms with Gasteiger partial charge in [-0.15, -0.1) is 0 Å². The Labute approximate surface area is 150 Å². The van der Waals surface area contributed by atoms with Gasteiger partial charge in [-0.3, -0.25) is 0 Å². The van der Waals surface area contributed by atoms with Crippen molar-refractivity contribution in [3.8, 4) is 11.3 Å². The summed E-state index contributed by atoms with van der Waals surface area (Å²) in [4.78, 5) is 7.98. The van der Waals surface area contributed by atoms with Crippen LogP contribution in [0.15, 0.2) is 24.5 Å². The molecule has 1 fully saturated rings. The number of aliphatic hydroxyl groups is 3. The molecular formula is C16H15F2N5O4. The monoisotopic (exact) mass is 379 g/mol. The van der Waals surface area contributed by atoms with Crippen LogP contribution in [0.2, 0.25) is 0 Å². The van der Waals surface area contributed by atoms with E-state index in [2.05, 4.69) is 15.1 Å². The Morgan fingerprint density at radius 3 is 2.59 bits per heavy atom. The van der Waals surface area contributed by atoms with Crippen molar-refractivity contribution >= 4 is 16.9 Å². The van der Waals surface area contributed by atoms with Gasteiger partial charge in [0.2, 0.25) is 0 Å². The number of aliphatic hydroxyl groups excluding tert-OH is 3. The normalized spacial score (nSPS) is 25.4. The van der Waals surface area contributed by atoms with E-state index in [4.69, 9.17) is 10.5 Å². The number of anilines is 1. The third-order valence-corrected chi connectivity index (χ3v) is 4.47. The molecule has 0 spiro atoms. The van der Waals surface area contributed by atoms with Gasteiger partial charge in [0.1, 0.15) is 36.2 Å². The fraction of sp³-hybridized carbons (Fsp3) is 0.312. The minimum Gasteiger partial charge on any atom is -0.394 e. The maximum Gasteiger partial charge on any atom is 0.181 e. The number of aromatic nitrogens is 4. The quantitative estimate of drug-likeness (QED) is 0.497. The second kappa shape index (κ2) is 6.46. The SMILES string of the molecule is Nc1ncnc2c1c(-c1ccc(F)c(F)c1)nn2[C@@H]1O[C@H](CO)[C@@H](O)[C@H]1O. The van der Waals surface area contributed by atoms with Crippen molar-refractivity contribution in [2.75, 3.05) is 12.3 Å². The summed E-state index contributed by atoms with van der Waals surface area (Å²) in [6, 6.07) is 3.21. The zero-order valence-electron chi connectivity index (χ0n) is 13.7. The number of nitrogens with zero attached hydrogens (tertiary/aromatic N) is 4. The molecule has 4 rings (SSSR count). The molecule has 11 heteroatoms. The number of halogens is 2. The topological polar surface area (TPSA) is 140 Å². The molecule has 142 valence electrons. The second-order valence-electron chi connectivity index (χ2n) is 6.11. The predicted octanol–water partition coefficient (Wildman–Crippen LogP) is -0.0348. The van der Waals surface area contributed by atoms with Gasteiger partial charge in [0, 0.05) is 5.56 Å². The van der Waals surface area contributed by atoms with Gasteiger partial charge < -0.3 is 25.8 Å². The summed E-state index contributed by atoms with van der Waals surface area (Å²) >= 11 is 0. The molecule has 27 heavy (non-hydrogen) atoms. The smallest absolute Gasteiger partial charge is 0.181 e. The van der Waals surface area contributed by atoms with Crippen LogP contribution in [0.5, 0.6) is 0 Å². The molecule has 0 radical (unpaired) electrons. The van der Waals surface area contributed by atoms with Crippen LogP contribution in [0.1, 0.15) is 6.23 Å². The van der Waals surface area contributed by atoms with E-state index in [0.29, 0.717) is 0 Å². The molecule has 3 heterocycles. The van der Waals surface area contributed by atoms with Crippen molar-refractivity contribution in [2.45, 2.75) is 24.5 Å². The molecule has 3 aromatic rings. The van der Waals surface area contributed by atoms with Gasteiger partial charge in [0.15, 0.2) is 23.5 Å². The number of rotatable bonds is 3. The Hall–Kier alpha value is -2.73. The first-order chi connectivity index (χ1) is 12.9. The van der Waals surface area contributed by atoms with E-state index in [1.54, 1.807) is 0 Å². The standard InChI is InChI=1S/C16H15F2N5O4/c17-7-2-1-6(3-8(7)18)11-10-14(19)20-5-21-15(10)23(22-11)16-13(26)12(25)9(4-24)27-16/h1-3,5,9,12-13,16,24-26H,4H2,(H2,19,20,21)/t9-,12-,13-,16-/m1/s1. The summed E-state index contributed by atoms with van der Waals surface area (Å²) in [5, 5.41) is 34.1. The molecule has 0 aliphatic carbocycles. The van der Waals surface area contributed by atoms with Gasteiger partial charge in [-0.25, -0.2) is 23.4 Å². The lowest BCUT2D eigenvalue weighted by molar-refractivity contribution is -0.0565. The zero-order chi connectivity index (χ0) is 19.3. The molecule has 5 N–H and O–H groups in total. The van der Waals surface area contributed by atoms with Gasteiger partial charge >= 0.3 is 0 Å². The highest BCUT2D eigenvalue weighted by Gasteiger charge is 2.44. The van der Waals surface area contributed by atoms with Crippen molar-refractivity contribution in [1.82, 2.24) is 19.7 Å². The molecule has 0 bridgehead atoms. The van der Waals surface area contributed by atoms with E-state index in [0.717, 1.165) is 12.1 Å². The van der Waals surface area contributed by atoms with Crippen molar-refractivity contribution < 1.29 is 28.8 Å². The second-order valence-corrected chi connectivity index (χ2v) is 6.11. The predicted molar refractivity (Wildman–Crippen MR) is 88.1 cm³/mol. The molecule has 0 saturated carbocycles. The van der Waals surface area contributed by atoms with Crippen LogP contribution in [0.3, 0.4) is 0 Å². The first-order valence-corrected chi connectivity index (χ1v) is 7.99. The van der Waals surface area contributed by atoms with Crippen molar-refractivity contribution in [1.29, 1.82) is 0 Å². The molecule has 9 nitrogen and oxygen atoms in total. The number of hydrogen-bond acceptors (Lipinski definition) is 8. The Bertz CT molecular complexity index is 1010. The fourth-order valence-corrected chi connectivity index (χ4v) is 3.10. The van der Waals surface area contributed by atoms with Crippen LogP contribution in [-0.4, -0.2) is 60.0 Å². The molecule has 2 aromatic heterocycles. The van der Waals surface area contributed by atoms with Crippen LogP contribution < -0.4 is 5.73 Å². The first-order valence-electron chi connectivity index (χ1n) is 7.99. The van der Waals surface area contributed by atoms with E-state index in [-0.39, 0.29) is 28.1 Å². The van der Waals surface area contributed by atoms with Gasteiger partial charge in [-0.1, -0.05) is 0 Å². The van der Waals surface area contributed by atoms with Crippen LogP contribution in [0.25, 0.3) is 22.3 Å². The number of nitrogen functional groups attached to an aromatic ring is 1. The Morgan fingerprint density at radius 2 is 1.93 bits per heavy atom. The van der Waals surface area contributed by atoms with Gasteiger partial charge in [0.05, 0.1) is 12.0 Å². The molecule has 0 unspecified atom stereocenters. The minimum atomic E-state index is -1.40. The van der Waals surface area contributed by atoms with Gasteiger partial charge in [-0.2, -0.15) is 5.10 Å². The van der Waals surface area contributed by atoms with Gasteiger partial charge in [-0.05, 0) is 18.2 Å². The fourth-order valence-electron chi connectivity index (χ4n) is 3.10. The molecule has 4 atom stereocenters. The summed E-state index contributed by atoms with van der Waals surface area (Å²) in [7, 11) is 0. The Balaban J connectivity index is 1.91. The number of hydrogen-bond donors (Lipinski definition) is 4. The number of nitrogens with two attached hydrogens (primary N) is 1. The van der Waals surface area contributed by atoms with Crippen LogP contribution in [-0.2, 0) is 4.74 Å². The summed E-state index contributed by atoms with van der Waals surface area (Å²) in [5.41, 5.74) is 6.46. The summed E-state index contributed by atoms with van der Waals surface area (Å²) in [6.07, 6.45) is -3.76. The zero-order valence-corrected chi connectivity index (χ0v) is 13.7. The number of fused-ring (bicyclic) bond motifs is 1. The summed E-state index contributed by atoms with van der Waals surface area (Å²) < 4.78 is 33.6. The molecule has 1 aliphatic rings. The highest BCUT2D eigenvalue weighted by atomic mass is 19.2. The van der Waals surface area contributed by atoms with E-state index >= 15 is 0 Å². The van der Waals surface area contributed by atoms with Gasteiger partial charge in [0.25, 0.3) is 0 Å². The lowest BCUT2D eigenvalue weighted by Gasteiger charge is -2.15. The average Bonchev–Trinajstić information content (AvgIpc) is 3.17. The molecule has 0 amide bonds. The van der Waals surface area contributed by atoms with E-state index in [9.17, 15) is 24.1 Å². The Kier molecular flexibility index (Phi) is 4.23. The lowest BCUT2D eigenvalue weighted by atomic mass is 10.1. The molecule has 1 saturated heterocycles. The largest absolute Gasteiger partial charge is 0.394 e. The Morgan fingerprint density at radius 1 is 1.15 bits per heavy atom. The van der Waals surface area contributed by atoms with E-state index in [1.165, 1.54) is 17.1 Å². The lowest BCUT2D eigenvalue weighted by Crippen LogP contribution is -2.33. The minimum absolute atomic E-state index is 0.0396. The van der Waals surface area contributed by atoms with Crippen LogP contribution in [0.4, 0.5) is 14.6 Å². The van der Waals surface area contributed by atoms with Crippen molar-refractivity contribution in [3.63, 3.8) is 0 Å². The molecular weight excluding hydrogens is 364 g/mol. The molecule has 1 aromatic carbocycles. The van der Waals surface area contributed by atoms with Crippen molar-refractivity contribution in [3.05, 3.63) is 36.2 Å². The highest BCUT2D eigenvalue weighted by Crippen LogP contribution is 2.36. The van der Waals surface area contributed by atoms with Crippen LogP contribution >= 0.6 is 0 Å².